The Bertz CT molecular complexity index is 1160. The van der Waals surface area contributed by atoms with Crippen LogP contribution in [0.5, 0.6) is 0 Å². The summed E-state index contributed by atoms with van der Waals surface area (Å²) in [6, 6.07) is 7.57. The summed E-state index contributed by atoms with van der Waals surface area (Å²) < 4.78 is 41.2. The summed E-state index contributed by atoms with van der Waals surface area (Å²) in [6.45, 7) is 0.297. The van der Waals surface area contributed by atoms with E-state index in [1.807, 2.05) is 0 Å². The van der Waals surface area contributed by atoms with Gasteiger partial charge in [-0.15, -0.1) is 0 Å². The van der Waals surface area contributed by atoms with Crippen LogP contribution < -0.4 is 15.5 Å². The van der Waals surface area contributed by atoms with Crippen molar-refractivity contribution in [2.75, 3.05) is 24.5 Å². The second-order valence-corrected chi connectivity index (χ2v) is 9.18. The molecule has 36 heavy (non-hydrogen) atoms. The topological polar surface area (TPSA) is 102 Å². The van der Waals surface area contributed by atoms with Gasteiger partial charge in [-0.2, -0.15) is 0 Å². The van der Waals surface area contributed by atoms with Gasteiger partial charge in [-0.1, -0.05) is 35.9 Å². The van der Waals surface area contributed by atoms with Gasteiger partial charge in [0.25, 0.3) is 11.8 Å². The highest BCUT2D eigenvalue weighted by Crippen LogP contribution is 2.39. The fourth-order valence-electron chi connectivity index (χ4n) is 4.48. The Morgan fingerprint density at radius 1 is 1.17 bits per heavy atom. The first kappa shape index (κ1) is 25.8. The molecule has 1 saturated heterocycles. The lowest BCUT2D eigenvalue weighted by Gasteiger charge is -2.41. The van der Waals surface area contributed by atoms with Crippen LogP contribution in [0.1, 0.15) is 24.4 Å². The third kappa shape index (κ3) is 5.41. The number of carboxylic acid groups (broad SMARTS) is 1. The number of nitrogens with one attached hydrogen (secondary N) is 2. The number of piperazine rings is 1. The fourth-order valence-corrected chi connectivity index (χ4v) is 4.72. The van der Waals surface area contributed by atoms with E-state index in [9.17, 15) is 32.7 Å². The molecule has 12 heteroatoms. The van der Waals surface area contributed by atoms with E-state index in [4.69, 9.17) is 11.6 Å². The molecule has 0 aromatic heterocycles. The molecule has 1 unspecified atom stereocenters. The van der Waals surface area contributed by atoms with Crippen LogP contribution in [0.2, 0.25) is 5.02 Å². The molecular weight excluding hydrogens is 501 g/mol. The van der Waals surface area contributed by atoms with E-state index in [0.717, 1.165) is 21.9 Å². The Balaban J connectivity index is 1.80. The number of amides is 3. The number of hydrogen-bond donors (Lipinski definition) is 3. The number of rotatable bonds is 6. The number of hydrogen-bond acceptors (Lipinski definition) is 4. The molecule has 1 saturated carbocycles. The largest absolute Gasteiger partial charge is 0.465 e. The van der Waals surface area contributed by atoms with Gasteiger partial charge in [-0.05, 0) is 24.3 Å². The molecule has 1 aliphatic heterocycles. The van der Waals surface area contributed by atoms with E-state index < -0.39 is 60.6 Å². The predicted octanol–water partition coefficient (Wildman–Crippen LogP) is 3.42. The van der Waals surface area contributed by atoms with Gasteiger partial charge in [-0.25, -0.2) is 18.0 Å². The second-order valence-electron chi connectivity index (χ2n) is 8.78. The molecule has 4 rings (SSSR count). The second kappa shape index (κ2) is 10.4. The van der Waals surface area contributed by atoms with Crippen LogP contribution in [0.25, 0.3) is 0 Å². The monoisotopic (exact) mass is 524 g/mol. The fraction of sp³-hybridized carbons (Fsp3) is 0.375. The van der Waals surface area contributed by atoms with Gasteiger partial charge in [-0.3, -0.25) is 19.4 Å². The van der Waals surface area contributed by atoms with Crippen molar-refractivity contribution in [3.63, 3.8) is 0 Å². The van der Waals surface area contributed by atoms with Gasteiger partial charge in [0.1, 0.15) is 17.9 Å². The first-order chi connectivity index (χ1) is 17.1. The van der Waals surface area contributed by atoms with E-state index in [-0.39, 0.29) is 29.4 Å². The number of benzene rings is 2. The number of anilines is 1. The molecule has 2 aliphatic rings. The quantitative estimate of drug-likeness (QED) is 0.537. The van der Waals surface area contributed by atoms with Crippen molar-refractivity contribution < 1.29 is 32.7 Å². The van der Waals surface area contributed by atoms with Gasteiger partial charge in [0.05, 0.1) is 0 Å². The van der Waals surface area contributed by atoms with Crippen LogP contribution in [-0.4, -0.2) is 65.6 Å². The molecule has 8 nitrogen and oxygen atoms in total. The maximum absolute atomic E-state index is 14.3. The number of alkyl halides is 2. The smallest absolute Gasteiger partial charge is 0.408 e. The molecule has 0 bridgehead atoms. The van der Waals surface area contributed by atoms with Crippen molar-refractivity contribution in [2.45, 2.75) is 36.9 Å². The Labute approximate surface area is 210 Å². The van der Waals surface area contributed by atoms with E-state index in [0.29, 0.717) is 6.54 Å². The lowest BCUT2D eigenvalue weighted by Crippen LogP contribution is -2.62. The molecule has 2 atom stereocenters. The molecular formula is C24H24ClF3N4O4. The van der Waals surface area contributed by atoms with Crippen LogP contribution in [-0.2, 0) is 9.59 Å². The van der Waals surface area contributed by atoms with Crippen molar-refractivity contribution >= 4 is 35.2 Å². The van der Waals surface area contributed by atoms with Crippen LogP contribution in [0, 0.1) is 5.82 Å². The summed E-state index contributed by atoms with van der Waals surface area (Å²) in [5.74, 6) is -5.19. The normalized spacial score (nSPS) is 20.2. The minimum absolute atomic E-state index is 0.0167. The summed E-state index contributed by atoms with van der Waals surface area (Å²) in [4.78, 5) is 41.3. The SMILES string of the molecule is O=C(NC1CC(F)(F)C1)[C@@H](c1ccccc1Cl)N(C(=O)C1CNCCN1C(=O)O)c1cccc(F)c1. The third-order valence-electron chi connectivity index (χ3n) is 6.24. The van der Waals surface area contributed by atoms with Crippen molar-refractivity contribution in [3.05, 3.63) is 64.9 Å². The zero-order valence-electron chi connectivity index (χ0n) is 19.0. The Hall–Kier alpha value is -3.31. The minimum atomic E-state index is -2.90. The maximum atomic E-state index is 14.3. The molecule has 1 aliphatic carbocycles. The number of carbonyl (C=O) groups excluding carboxylic acids is 2. The highest BCUT2D eigenvalue weighted by atomic mass is 35.5. The lowest BCUT2D eigenvalue weighted by molar-refractivity contribution is -0.133. The summed E-state index contributed by atoms with van der Waals surface area (Å²) in [6.07, 6.45) is -2.44. The van der Waals surface area contributed by atoms with Crippen molar-refractivity contribution in [3.8, 4) is 0 Å². The third-order valence-corrected chi connectivity index (χ3v) is 6.58. The van der Waals surface area contributed by atoms with Crippen LogP contribution in [0.3, 0.4) is 0 Å². The molecule has 0 spiro atoms. The number of halogens is 4. The summed E-state index contributed by atoms with van der Waals surface area (Å²) in [7, 11) is 0. The average molecular weight is 525 g/mol. The van der Waals surface area contributed by atoms with E-state index in [2.05, 4.69) is 10.6 Å². The Morgan fingerprint density at radius 3 is 2.53 bits per heavy atom. The van der Waals surface area contributed by atoms with Gasteiger partial charge < -0.3 is 15.7 Å². The lowest BCUT2D eigenvalue weighted by atomic mass is 9.87. The zero-order chi connectivity index (χ0) is 26.0. The summed E-state index contributed by atoms with van der Waals surface area (Å²) >= 11 is 6.40. The van der Waals surface area contributed by atoms with Gasteiger partial charge in [0, 0.05) is 54.8 Å². The molecule has 2 aromatic rings. The number of carbonyl (C=O) groups is 3. The zero-order valence-corrected chi connectivity index (χ0v) is 19.7. The van der Waals surface area contributed by atoms with Gasteiger partial charge in [0.2, 0.25) is 5.91 Å². The summed E-state index contributed by atoms with van der Waals surface area (Å²) in [5.41, 5.74) is 0.154. The average Bonchev–Trinajstić information content (AvgIpc) is 2.81. The first-order valence-corrected chi connectivity index (χ1v) is 11.7. The standard InChI is InChI=1S/C24H24ClF3N4O4/c25-18-7-2-1-6-17(18)20(21(33)30-15-11-24(27,28)12-15)32(16-5-3-4-14(26)10-16)22(34)19-13-29-8-9-31(19)23(35)36/h1-7,10,15,19-20,29H,8-9,11-13H2,(H,30,33)(H,35,36)/t19?,20-/m1/s1. The molecule has 1 heterocycles. The molecule has 192 valence electrons. The summed E-state index contributed by atoms with van der Waals surface area (Å²) in [5, 5.41) is 15.3. The predicted molar refractivity (Wildman–Crippen MR) is 126 cm³/mol. The van der Waals surface area contributed by atoms with Crippen molar-refractivity contribution in [2.24, 2.45) is 0 Å². The number of nitrogens with zero attached hydrogens (tertiary/aromatic N) is 2. The van der Waals surface area contributed by atoms with Crippen molar-refractivity contribution in [1.82, 2.24) is 15.5 Å². The van der Waals surface area contributed by atoms with E-state index in [1.54, 1.807) is 12.1 Å². The van der Waals surface area contributed by atoms with Crippen LogP contribution in [0.15, 0.2) is 48.5 Å². The van der Waals surface area contributed by atoms with Gasteiger partial charge in [0.15, 0.2) is 0 Å². The first-order valence-electron chi connectivity index (χ1n) is 11.3. The van der Waals surface area contributed by atoms with E-state index >= 15 is 0 Å². The highest BCUT2D eigenvalue weighted by Gasteiger charge is 2.48. The molecule has 3 N–H and O–H groups in total. The molecule has 3 amide bonds. The van der Waals surface area contributed by atoms with Crippen molar-refractivity contribution in [1.29, 1.82) is 0 Å². The Kier molecular flexibility index (Phi) is 7.41. The maximum Gasteiger partial charge on any atom is 0.408 e. The van der Waals surface area contributed by atoms with E-state index in [1.165, 1.54) is 24.3 Å². The molecule has 0 radical (unpaired) electrons. The molecule has 2 fully saturated rings. The molecule has 2 aromatic carbocycles. The van der Waals surface area contributed by atoms with Gasteiger partial charge >= 0.3 is 6.09 Å². The van der Waals surface area contributed by atoms with Crippen LogP contribution in [0.4, 0.5) is 23.7 Å². The van der Waals surface area contributed by atoms with Crippen LogP contribution >= 0.6 is 11.6 Å². The Morgan fingerprint density at radius 2 is 1.89 bits per heavy atom. The minimum Gasteiger partial charge on any atom is -0.465 e. The highest BCUT2D eigenvalue weighted by molar-refractivity contribution is 6.31.